The summed E-state index contributed by atoms with van der Waals surface area (Å²) >= 11 is 0. The second-order valence-electron chi connectivity index (χ2n) is 9.36. The molecule has 1 aromatic heterocycles. The summed E-state index contributed by atoms with van der Waals surface area (Å²) in [4.78, 5) is 40.4. The molecule has 1 aliphatic rings. The summed E-state index contributed by atoms with van der Waals surface area (Å²) < 4.78 is 5.22. The van der Waals surface area contributed by atoms with E-state index in [4.69, 9.17) is 15.5 Å². The lowest BCUT2D eigenvalue weighted by Crippen LogP contribution is -2.37. The van der Waals surface area contributed by atoms with Crippen LogP contribution in [0.4, 0.5) is 4.79 Å². The van der Waals surface area contributed by atoms with E-state index in [9.17, 15) is 14.4 Å². The first kappa shape index (κ1) is 23.2. The van der Waals surface area contributed by atoms with Crippen molar-refractivity contribution < 1.29 is 19.1 Å². The van der Waals surface area contributed by atoms with Crippen molar-refractivity contribution >= 4 is 40.5 Å². The number of amides is 3. The quantitative estimate of drug-likeness (QED) is 0.565. The van der Waals surface area contributed by atoms with Crippen molar-refractivity contribution in [3.05, 3.63) is 76.5 Å². The van der Waals surface area contributed by atoms with Gasteiger partial charge < -0.3 is 10.5 Å². The summed E-state index contributed by atoms with van der Waals surface area (Å²) in [7, 11) is 0. The third-order valence-electron chi connectivity index (χ3n) is 5.86. The van der Waals surface area contributed by atoms with Gasteiger partial charge in [-0.25, -0.2) is 14.6 Å². The Bertz CT molecular complexity index is 1320. The molecule has 0 atom stereocenters. The van der Waals surface area contributed by atoms with Gasteiger partial charge in [-0.05, 0) is 52.7 Å². The fourth-order valence-corrected chi connectivity index (χ4v) is 4.17. The summed E-state index contributed by atoms with van der Waals surface area (Å²) in [5.74, 6) is -1.42. The number of para-hydroxylation sites is 1. The molecule has 2 aromatic carbocycles. The van der Waals surface area contributed by atoms with Crippen molar-refractivity contribution in [1.82, 2.24) is 10.3 Å². The van der Waals surface area contributed by atoms with Crippen LogP contribution in [0, 0.1) is 0 Å². The molecule has 34 heavy (non-hydrogen) atoms. The van der Waals surface area contributed by atoms with Crippen molar-refractivity contribution in [3.8, 4) is 0 Å². The molecule has 3 amide bonds. The second-order valence-corrected chi connectivity index (χ2v) is 9.36. The van der Waals surface area contributed by atoms with Crippen molar-refractivity contribution in [3.63, 3.8) is 0 Å². The van der Waals surface area contributed by atoms with Crippen LogP contribution in [-0.2, 0) is 21.4 Å². The number of rotatable bonds is 4. The first-order valence-corrected chi connectivity index (χ1v) is 11.1. The monoisotopic (exact) mass is 457 g/mol. The third kappa shape index (κ3) is 4.83. The third-order valence-corrected chi connectivity index (χ3v) is 5.86. The van der Waals surface area contributed by atoms with Crippen molar-refractivity contribution in [2.45, 2.75) is 39.0 Å². The van der Waals surface area contributed by atoms with Crippen LogP contribution in [0.2, 0.25) is 0 Å². The lowest BCUT2D eigenvalue weighted by Gasteiger charge is -2.18. The molecule has 7 nitrogen and oxygen atoms in total. The molecule has 0 bridgehead atoms. The zero-order chi connectivity index (χ0) is 24.5. The maximum Gasteiger partial charge on any atom is 0.339 e. The van der Waals surface area contributed by atoms with Crippen LogP contribution in [-0.4, -0.2) is 29.5 Å². The number of nitrogens with one attached hydrogen (secondary N) is 1. The maximum absolute atomic E-state index is 13.0. The fraction of sp³-hybridized carbons (Fsp3) is 0.259. The number of nitrogens with zero attached hydrogens (tertiary/aromatic N) is 1. The van der Waals surface area contributed by atoms with Crippen LogP contribution in [0.1, 0.15) is 59.9 Å². The van der Waals surface area contributed by atoms with Gasteiger partial charge in [0.15, 0.2) is 6.61 Å². The summed E-state index contributed by atoms with van der Waals surface area (Å²) in [5.41, 5.74) is 11.0. The average Bonchev–Trinajstić information content (AvgIpc) is 3.17. The topological polar surface area (TPSA) is 111 Å². The van der Waals surface area contributed by atoms with E-state index >= 15 is 0 Å². The smallest absolute Gasteiger partial charge is 0.339 e. The van der Waals surface area contributed by atoms with E-state index in [-0.39, 0.29) is 5.41 Å². The highest BCUT2D eigenvalue weighted by Crippen LogP contribution is 2.38. The van der Waals surface area contributed by atoms with Crippen LogP contribution >= 0.6 is 0 Å². The second kappa shape index (κ2) is 9.09. The Morgan fingerprint density at radius 3 is 2.44 bits per heavy atom. The molecule has 1 heterocycles. The number of allylic oxidation sites excluding steroid dienone is 1. The molecule has 4 rings (SSSR count). The van der Waals surface area contributed by atoms with E-state index in [1.54, 1.807) is 0 Å². The number of urea groups is 1. The predicted octanol–water partition coefficient (Wildman–Crippen LogP) is 4.37. The highest BCUT2D eigenvalue weighted by Gasteiger charge is 2.28. The molecule has 0 aliphatic heterocycles. The van der Waals surface area contributed by atoms with E-state index in [0.717, 1.165) is 28.8 Å². The van der Waals surface area contributed by atoms with Gasteiger partial charge in [0.1, 0.15) is 0 Å². The molecule has 3 N–H and O–H groups in total. The minimum Gasteiger partial charge on any atom is -0.452 e. The van der Waals surface area contributed by atoms with Crippen molar-refractivity contribution in [1.29, 1.82) is 0 Å². The standard InChI is InChI=1S/C27H27N3O4/c1-27(2,3)18-11-8-16(9-12-18)14-17-10-13-20-23(25(32)34-15-22(31)30-26(28)33)19-6-4-5-7-21(19)29-24(17)20/h4-9,11-12,14H,10,13,15H2,1-3H3,(H3,28,30,31,33). The van der Waals surface area contributed by atoms with Crippen LogP contribution < -0.4 is 11.1 Å². The number of fused-ring (bicyclic) bond motifs is 2. The number of carbonyl (C=O) groups is 3. The Labute approximate surface area is 198 Å². The van der Waals surface area contributed by atoms with Crippen molar-refractivity contribution in [2.75, 3.05) is 6.61 Å². The van der Waals surface area contributed by atoms with Gasteiger partial charge in [-0.1, -0.05) is 63.2 Å². The molecule has 0 fully saturated rings. The van der Waals surface area contributed by atoms with Gasteiger partial charge in [-0.15, -0.1) is 0 Å². The van der Waals surface area contributed by atoms with Crippen molar-refractivity contribution in [2.24, 2.45) is 5.73 Å². The summed E-state index contributed by atoms with van der Waals surface area (Å²) in [6, 6.07) is 14.8. The van der Waals surface area contributed by atoms with Crippen LogP contribution in [0.25, 0.3) is 22.6 Å². The van der Waals surface area contributed by atoms with Gasteiger partial charge in [0, 0.05) is 5.39 Å². The summed E-state index contributed by atoms with van der Waals surface area (Å²) in [5, 5.41) is 2.55. The molecule has 174 valence electrons. The largest absolute Gasteiger partial charge is 0.452 e. The zero-order valence-corrected chi connectivity index (χ0v) is 19.5. The van der Waals surface area contributed by atoms with Gasteiger partial charge >= 0.3 is 12.0 Å². The Hall–Kier alpha value is -4.00. The van der Waals surface area contributed by atoms with Gasteiger partial charge in [0.05, 0.1) is 16.8 Å². The first-order valence-electron chi connectivity index (χ1n) is 11.1. The normalized spacial score (nSPS) is 14.1. The number of hydrogen-bond donors (Lipinski definition) is 2. The lowest BCUT2D eigenvalue weighted by atomic mass is 9.86. The van der Waals surface area contributed by atoms with Gasteiger partial charge in [-0.3, -0.25) is 10.1 Å². The number of benzene rings is 2. The highest BCUT2D eigenvalue weighted by molar-refractivity contribution is 6.08. The van der Waals surface area contributed by atoms with Gasteiger partial charge in [-0.2, -0.15) is 0 Å². The molecule has 3 aromatic rings. The molecular formula is C27H27N3O4. The Kier molecular flexibility index (Phi) is 6.20. The number of esters is 1. The highest BCUT2D eigenvalue weighted by atomic mass is 16.5. The number of pyridine rings is 1. The lowest BCUT2D eigenvalue weighted by molar-refractivity contribution is -0.123. The van der Waals surface area contributed by atoms with E-state index in [1.165, 1.54) is 5.56 Å². The zero-order valence-electron chi connectivity index (χ0n) is 19.5. The minimum atomic E-state index is -0.999. The predicted molar refractivity (Wildman–Crippen MR) is 131 cm³/mol. The van der Waals surface area contributed by atoms with Gasteiger partial charge in [0.2, 0.25) is 0 Å². The number of primary amides is 1. The number of aromatic nitrogens is 1. The van der Waals surface area contributed by atoms with Crippen LogP contribution in [0.15, 0.2) is 48.5 Å². The van der Waals surface area contributed by atoms with E-state index in [0.29, 0.717) is 22.9 Å². The summed E-state index contributed by atoms with van der Waals surface area (Å²) in [6.45, 7) is 5.94. The summed E-state index contributed by atoms with van der Waals surface area (Å²) in [6.07, 6.45) is 3.48. The van der Waals surface area contributed by atoms with Gasteiger partial charge in [0.25, 0.3) is 5.91 Å². The molecule has 7 heteroatoms. The van der Waals surface area contributed by atoms with Crippen LogP contribution in [0.5, 0.6) is 0 Å². The molecule has 0 saturated carbocycles. The SMILES string of the molecule is CC(C)(C)c1ccc(C=C2CCc3c2nc2ccccc2c3C(=O)OCC(=O)NC(N)=O)cc1. The molecule has 0 spiro atoms. The Morgan fingerprint density at radius 2 is 1.76 bits per heavy atom. The Balaban J connectivity index is 1.70. The number of carbonyl (C=O) groups excluding carboxylic acids is 3. The number of ether oxygens (including phenoxy) is 1. The number of nitrogens with two attached hydrogens (primary N) is 1. The minimum absolute atomic E-state index is 0.0791. The van der Waals surface area contributed by atoms with E-state index in [2.05, 4.69) is 51.1 Å². The number of hydrogen-bond acceptors (Lipinski definition) is 5. The van der Waals surface area contributed by atoms with E-state index in [1.807, 2.05) is 29.6 Å². The number of imide groups is 1. The first-order chi connectivity index (χ1) is 16.1. The molecule has 0 unspecified atom stereocenters. The fourth-order valence-electron chi connectivity index (χ4n) is 4.17. The van der Waals surface area contributed by atoms with Crippen LogP contribution in [0.3, 0.4) is 0 Å². The molecule has 0 radical (unpaired) electrons. The molecule has 1 aliphatic carbocycles. The molecule has 0 saturated heterocycles. The average molecular weight is 458 g/mol. The molecular weight excluding hydrogens is 430 g/mol. The maximum atomic E-state index is 13.0. The van der Waals surface area contributed by atoms with E-state index < -0.39 is 24.5 Å². The Morgan fingerprint density at radius 1 is 1.06 bits per heavy atom.